The first-order chi connectivity index (χ1) is 5.83. The lowest BCUT2D eigenvalue weighted by molar-refractivity contribution is 0.146. The maximum atomic E-state index is 12.5. The van der Waals surface area contributed by atoms with Gasteiger partial charge in [-0.3, -0.25) is 4.98 Å². The Hall–Kier alpha value is -1.16. The van der Waals surface area contributed by atoms with Gasteiger partial charge in [-0.15, -0.1) is 0 Å². The third-order valence-corrected chi connectivity index (χ3v) is 1.24. The van der Waals surface area contributed by atoms with Gasteiger partial charge in [-0.25, -0.2) is 4.39 Å². The molecule has 0 atom stereocenters. The number of halogens is 1. The van der Waals surface area contributed by atoms with Gasteiger partial charge in [-0.2, -0.15) is 0 Å². The maximum absolute atomic E-state index is 12.5. The molecule has 0 N–H and O–H groups in total. The first-order valence-corrected chi connectivity index (χ1v) is 3.55. The fourth-order valence-corrected chi connectivity index (χ4v) is 0.714. The van der Waals surface area contributed by atoms with Crippen LogP contribution in [0, 0.1) is 5.82 Å². The van der Waals surface area contributed by atoms with E-state index in [1.807, 2.05) is 0 Å². The molecule has 1 aromatic rings. The summed E-state index contributed by atoms with van der Waals surface area (Å²) in [5, 5.41) is 0. The summed E-state index contributed by atoms with van der Waals surface area (Å²) >= 11 is 0. The summed E-state index contributed by atoms with van der Waals surface area (Å²) in [6.07, 6.45) is 2.59. The van der Waals surface area contributed by atoms with Crippen LogP contribution in [0.3, 0.4) is 0 Å². The van der Waals surface area contributed by atoms with Gasteiger partial charge >= 0.3 is 0 Å². The van der Waals surface area contributed by atoms with Crippen LogP contribution in [-0.4, -0.2) is 25.3 Å². The largest absolute Gasteiger partial charge is 0.489 e. The SMILES string of the molecule is COCCOc1cncc(F)c1. The standard InChI is InChI=1S/C8H10FNO2/c1-11-2-3-12-8-4-7(9)5-10-6-8/h4-6H,2-3H2,1H3. The van der Waals surface area contributed by atoms with Crippen molar-refractivity contribution in [2.75, 3.05) is 20.3 Å². The molecule has 1 aromatic heterocycles. The summed E-state index contributed by atoms with van der Waals surface area (Å²) in [7, 11) is 1.58. The van der Waals surface area contributed by atoms with E-state index in [0.717, 1.165) is 6.20 Å². The minimum absolute atomic E-state index is 0.398. The van der Waals surface area contributed by atoms with Crippen LogP contribution in [0.5, 0.6) is 5.75 Å². The lowest BCUT2D eigenvalue weighted by atomic mass is 10.4. The van der Waals surface area contributed by atoms with E-state index in [4.69, 9.17) is 9.47 Å². The van der Waals surface area contributed by atoms with E-state index in [1.54, 1.807) is 7.11 Å². The Kier molecular flexibility index (Phi) is 3.47. The van der Waals surface area contributed by atoms with Crippen molar-refractivity contribution in [2.45, 2.75) is 0 Å². The van der Waals surface area contributed by atoms with Crippen LogP contribution in [0.15, 0.2) is 18.5 Å². The fourth-order valence-electron chi connectivity index (χ4n) is 0.714. The Morgan fingerprint density at radius 2 is 2.25 bits per heavy atom. The van der Waals surface area contributed by atoms with Gasteiger partial charge in [-0.1, -0.05) is 0 Å². The molecule has 0 saturated carbocycles. The van der Waals surface area contributed by atoms with Crippen LogP contribution in [0.25, 0.3) is 0 Å². The molecule has 0 unspecified atom stereocenters. The number of pyridine rings is 1. The topological polar surface area (TPSA) is 31.4 Å². The van der Waals surface area contributed by atoms with Crippen LogP contribution in [-0.2, 0) is 4.74 Å². The van der Waals surface area contributed by atoms with Crippen LogP contribution in [0.4, 0.5) is 4.39 Å². The molecule has 12 heavy (non-hydrogen) atoms. The molecule has 0 spiro atoms. The quantitative estimate of drug-likeness (QED) is 0.639. The van der Waals surface area contributed by atoms with E-state index >= 15 is 0 Å². The average Bonchev–Trinajstić information content (AvgIpc) is 2.05. The zero-order valence-electron chi connectivity index (χ0n) is 6.79. The second kappa shape index (κ2) is 4.66. The molecule has 0 aliphatic rings. The number of rotatable bonds is 4. The van der Waals surface area contributed by atoms with E-state index in [-0.39, 0.29) is 0 Å². The molecule has 0 radical (unpaired) electrons. The highest BCUT2D eigenvalue weighted by Gasteiger charge is 1.95. The number of hydrogen-bond donors (Lipinski definition) is 0. The predicted molar refractivity (Wildman–Crippen MR) is 41.6 cm³/mol. The summed E-state index contributed by atoms with van der Waals surface area (Å²) in [5.74, 6) is 0.0250. The number of nitrogens with zero attached hydrogens (tertiary/aromatic N) is 1. The monoisotopic (exact) mass is 171 g/mol. The maximum Gasteiger partial charge on any atom is 0.145 e. The highest BCUT2D eigenvalue weighted by Crippen LogP contribution is 2.08. The Morgan fingerprint density at radius 1 is 1.42 bits per heavy atom. The molecule has 0 bridgehead atoms. The van der Waals surface area contributed by atoms with Crippen LogP contribution in [0.2, 0.25) is 0 Å². The summed E-state index contributed by atoms with van der Waals surface area (Å²) in [4.78, 5) is 3.62. The molecular formula is C8H10FNO2. The zero-order valence-corrected chi connectivity index (χ0v) is 6.79. The minimum atomic E-state index is -0.398. The van der Waals surface area contributed by atoms with Crippen molar-refractivity contribution in [3.05, 3.63) is 24.3 Å². The highest BCUT2D eigenvalue weighted by molar-refractivity contribution is 5.16. The molecule has 4 heteroatoms. The molecule has 66 valence electrons. The lowest BCUT2D eigenvalue weighted by Crippen LogP contribution is -2.04. The highest BCUT2D eigenvalue weighted by atomic mass is 19.1. The number of hydrogen-bond acceptors (Lipinski definition) is 3. The van der Waals surface area contributed by atoms with Crippen molar-refractivity contribution in [2.24, 2.45) is 0 Å². The van der Waals surface area contributed by atoms with Gasteiger partial charge < -0.3 is 9.47 Å². The van der Waals surface area contributed by atoms with Gasteiger partial charge in [0.05, 0.1) is 19.0 Å². The molecule has 3 nitrogen and oxygen atoms in total. The van der Waals surface area contributed by atoms with Crippen LogP contribution < -0.4 is 4.74 Å². The van der Waals surface area contributed by atoms with Gasteiger partial charge in [0.2, 0.25) is 0 Å². The molecule has 0 aromatic carbocycles. The van der Waals surface area contributed by atoms with Crippen molar-refractivity contribution in [1.82, 2.24) is 4.98 Å². The Labute approximate surface area is 70.1 Å². The number of ether oxygens (including phenoxy) is 2. The molecule has 0 saturated heterocycles. The summed E-state index contributed by atoms with van der Waals surface area (Å²) in [6.45, 7) is 0.887. The van der Waals surface area contributed by atoms with Gasteiger partial charge in [0.25, 0.3) is 0 Å². The molecule has 0 aliphatic carbocycles. The van der Waals surface area contributed by atoms with E-state index in [1.165, 1.54) is 12.3 Å². The normalized spacial score (nSPS) is 9.83. The van der Waals surface area contributed by atoms with Crippen molar-refractivity contribution < 1.29 is 13.9 Å². The van der Waals surface area contributed by atoms with Crippen LogP contribution >= 0.6 is 0 Å². The number of aromatic nitrogens is 1. The zero-order chi connectivity index (χ0) is 8.81. The van der Waals surface area contributed by atoms with Gasteiger partial charge in [0.1, 0.15) is 18.2 Å². The smallest absolute Gasteiger partial charge is 0.145 e. The van der Waals surface area contributed by atoms with E-state index in [9.17, 15) is 4.39 Å². The molecular weight excluding hydrogens is 161 g/mol. The summed E-state index contributed by atoms with van der Waals surface area (Å²) < 4.78 is 22.4. The van der Waals surface area contributed by atoms with Crippen molar-refractivity contribution in [1.29, 1.82) is 0 Å². The molecule has 1 heterocycles. The second-order valence-corrected chi connectivity index (χ2v) is 2.18. The molecule has 0 amide bonds. The molecule has 1 rings (SSSR count). The first kappa shape index (κ1) is 8.93. The van der Waals surface area contributed by atoms with E-state index in [2.05, 4.69) is 4.98 Å². The summed E-state index contributed by atoms with van der Waals surface area (Å²) in [5.41, 5.74) is 0. The Morgan fingerprint density at radius 3 is 2.92 bits per heavy atom. The van der Waals surface area contributed by atoms with Crippen molar-refractivity contribution in [3.63, 3.8) is 0 Å². The van der Waals surface area contributed by atoms with E-state index < -0.39 is 5.82 Å². The number of methoxy groups -OCH3 is 1. The third-order valence-electron chi connectivity index (χ3n) is 1.24. The second-order valence-electron chi connectivity index (χ2n) is 2.18. The fraction of sp³-hybridized carbons (Fsp3) is 0.375. The molecule has 0 fully saturated rings. The van der Waals surface area contributed by atoms with Gasteiger partial charge in [0, 0.05) is 13.2 Å². The Bertz CT molecular complexity index is 242. The first-order valence-electron chi connectivity index (χ1n) is 3.55. The van der Waals surface area contributed by atoms with E-state index in [0.29, 0.717) is 19.0 Å². The third kappa shape index (κ3) is 2.84. The summed E-state index contributed by atoms with van der Waals surface area (Å²) in [6, 6.07) is 1.28. The van der Waals surface area contributed by atoms with Crippen molar-refractivity contribution >= 4 is 0 Å². The predicted octanol–water partition coefficient (Wildman–Crippen LogP) is 1.25. The molecule has 0 aliphatic heterocycles. The van der Waals surface area contributed by atoms with Crippen LogP contribution in [0.1, 0.15) is 0 Å². The van der Waals surface area contributed by atoms with Crippen molar-refractivity contribution in [3.8, 4) is 5.75 Å². The minimum Gasteiger partial charge on any atom is -0.489 e. The van der Waals surface area contributed by atoms with Gasteiger partial charge in [0.15, 0.2) is 0 Å². The Balaban J connectivity index is 2.41. The average molecular weight is 171 g/mol. The van der Waals surface area contributed by atoms with Gasteiger partial charge in [-0.05, 0) is 0 Å². The lowest BCUT2D eigenvalue weighted by Gasteiger charge is -2.03.